The maximum Gasteiger partial charge on any atom is 0.335 e. The predicted molar refractivity (Wildman–Crippen MR) is 151 cm³/mol. The number of pyridine rings is 1. The smallest absolute Gasteiger partial charge is 0.335 e. The van der Waals surface area contributed by atoms with E-state index in [0.717, 1.165) is 5.56 Å². The summed E-state index contributed by atoms with van der Waals surface area (Å²) in [6.07, 6.45) is 3.72. The number of rotatable bonds is 8. The van der Waals surface area contributed by atoms with Crippen LogP contribution in [0.15, 0.2) is 61.1 Å². The summed E-state index contributed by atoms with van der Waals surface area (Å²) in [6.45, 7) is 1.60. The monoisotopic (exact) mass is 588 g/mol. The number of tetrazole rings is 1. The van der Waals surface area contributed by atoms with Gasteiger partial charge in [-0.25, -0.2) is 9.48 Å². The van der Waals surface area contributed by atoms with Gasteiger partial charge in [-0.15, -0.1) is 5.10 Å². The summed E-state index contributed by atoms with van der Waals surface area (Å²) in [7, 11) is 0. The molecular weight excluding hydrogens is 564 g/mol. The lowest BCUT2D eigenvalue weighted by atomic mass is 9.94. The minimum absolute atomic E-state index is 0.0563. The first kappa shape index (κ1) is 28.4. The van der Waals surface area contributed by atoms with Gasteiger partial charge in [0.15, 0.2) is 0 Å². The zero-order valence-corrected chi connectivity index (χ0v) is 23.1. The fraction of sp³-hybridized carbons (Fsp3) is 0.214. The lowest BCUT2D eigenvalue weighted by Gasteiger charge is -2.36. The molecular formula is C28H25ClN8O5. The Bertz CT molecular complexity index is 1660. The lowest BCUT2D eigenvalue weighted by molar-refractivity contribution is -0.139. The Balaban J connectivity index is 1.43. The number of halogens is 1. The van der Waals surface area contributed by atoms with Crippen LogP contribution in [0.2, 0.25) is 5.02 Å². The highest BCUT2D eigenvalue weighted by Gasteiger charge is 2.37. The highest BCUT2D eigenvalue weighted by atomic mass is 35.5. The molecule has 0 fully saturated rings. The van der Waals surface area contributed by atoms with E-state index in [1.807, 2.05) is 0 Å². The molecule has 3 N–H and O–H groups in total. The molecule has 5 rings (SSSR count). The highest BCUT2D eigenvalue weighted by Crippen LogP contribution is 2.33. The maximum atomic E-state index is 13.7. The third kappa shape index (κ3) is 6.25. The normalized spacial score (nSPS) is 14.1. The molecule has 0 radical (unpaired) electrons. The second kappa shape index (κ2) is 12.1. The molecule has 4 aromatic rings. The van der Waals surface area contributed by atoms with E-state index in [-0.39, 0.29) is 30.3 Å². The number of aryl methyl sites for hydroxylation is 1. The van der Waals surface area contributed by atoms with Gasteiger partial charge in [0.2, 0.25) is 11.8 Å². The van der Waals surface area contributed by atoms with Gasteiger partial charge >= 0.3 is 5.97 Å². The van der Waals surface area contributed by atoms with Crippen molar-refractivity contribution in [2.75, 3.05) is 17.2 Å². The van der Waals surface area contributed by atoms with Gasteiger partial charge in [0, 0.05) is 48.3 Å². The van der Waals surface area contributed by atoms with Crippen LogP contribution in [0, 0.1) is 0 Å². The number of benzene rings is 2. The van der Waals surface area contributed by atoms with Crippen molar-refractivity contribution < 1.29 is 24.3 Å². The zero-order chi connectivity index (χ0) is 29.8. The molecule has 3 heterocycles. The van der Waals surface area contributed by atoms with E-state index in [1.54, 1.807) is 24.3 Å². The Morgan fingerprint density at radius 1 is 1.05 bits per heavy atom. The van der Waals surface area contributed by atoms with Crippen molar-refractivity contribution in [2.45, 2.75) is 32.2 Å². The van der Waals surface area contributed by atoms with Gasteiger partial charge in [0.1, 0.15) is 12.4 Å². The van der Waals surface area contributed by atoms with Crippen molar-refractivity contribution in [1.82, 2.24) is 30.1 Å². The molecule has 0 saturated carbocycles. The maximum absolute atomic E-state index is 13.7. The molecule has 1 aliphatic heterocycles. The van der Waals surface area contributed by atoms with Crippen LogP contribution in [-0.4, -0.2) is 65.4 Å². The zero-order valence-electron chi connectivity index (χ0n) is 22.3. The van der Waals surface area contributed by atoms with E-state index in [2.05, 4.69) is 31.1 Å². The minimum atomic E-state index is -1.09. The molecule has 0 saturated heterocycles. The number of aromatic carboxylic acids is 1. The van der Waals surface area contributed by atoms with E-state index in [0.29, 0.717) is 46.2 Å². The molecule has 1 aliphatic rings. The first-order valence-corrected chi connectivity index (χ1v) is 13.3. The topological polar surface area (TPSA) is 172 Å². The summed E-state index contributed by atoms with van der Waals surface area (Å²) in [5, 5.41) is 26.4. The largest absolute Gasteiger partial charge is 0.478 e. The van der Waals surface area contributed by atoms with E-state index >= 15 is 0 Å². The highest BCUT2D eigenvalue weighted by molar-refractivity contribution is 6.30. The number of aromatic nitrogens is 5. The summed E-state index contributed by atoms with van der Waals surface area (Å²) in [6, 6.07) is 11.5. The number of carbonyl (C=O) groups excluding carboxylic acids is 3. The van der Waals surface area contributed by atoms with Crippen LogP contribution in [0.4, 0.5) is 11.4 Å². The number of fused-ring (bicyclic) bond motifs is 1. The standard InChI is InChI=1S/C28H25ClN8O5/c1-16(38)32-21-13-22-23(30-14-21)10-11-36(26(22)27(40)33-20-6-2-17(3-7-20)28(41)42)25(39)9-4-18-12-19(29)5-8-24(18)37-15-31-34-35-37/h2-3,5-8,12-15,26H,4,9-11H2,1H3,(H,32,38)(H,33,40)(H,41,42). The number of nitrogens with zero attached hydrogens (tertiary/aromatic N) is 6. The Morgan fingerprint density at radius 2 is 1.83 bits per heavy atom. The van der Waals surface area contributed by atoms with Crippen LogP contribution in [0.5, 0.6) is 0 Å². The Kier molecular flexibility index (Phi) is 8.20. The molecule has 13 nitrogen and oxygen atoms in total. The summed E-state index contributed by atoms with van der Waals surface area (Å²) < 4.78 is 1.48. The lowest BCUT2D eigenvalue weighted by Crippen LogP contribution is -2.45. The summed E-state index contributed by atoms with van der Waals surface area (Å²) in [5.74, 6) is -2.19. The molecule has 42 heavy (non-hydrogen) atoms. The third-order valence-electron chi connectivity index (χ3n) is 6.73. The number of carboxylic acid groups (broad SMARTS) is 1. The van der Waals surface area contributed by atoms with Crippen molar-refractivity contribution in [3.05, 3.63) is 88.5 Å². The second-order valence-electron chi connectivity index (χ2n) is 9.58. The minimum Gasteiger partial charge on any atom is -0.478 e. The molecule has 1 atom stereocenters. The summed E-state index contributed by atoms with van der Waals surface area (Å²) in [5.41, 5.74) is 3.35. The van der Waals surface area contributed by atoms with Crippen LogP contribution >= 0.6 is 11.6 Å². The van der Waals surface area contributed by atoms with Crippen LogP contribution in [0.3, 0.4) is 0 Å². The Morgan fingerprint density at radius 3 is 2.52 bits per heavy atom. The van der Waals surface area contributed by atoms with Gasteiger partial charge in [-0.2, -0.15) is 0 Å². The summed E-state index contributed by atoms with van der Waals surface area (Å²) in [4.78, 5) is 56.3. The fourth-order valence-electron chi connectivity index (χ4n) is 4.84. The number of hydrogen-bond acceptors (Lipinski definition) is 8. The van der Waals surface area contributed by atoms with Gasteiger partial charge in [-0.3, -0.25) is 19.4 Å². The number of carbonyl (C=O) groups is 4. The van der Waals surface area contributed by atoms with E-state index in [1.165, 1.54) is 53.3 Å². The van der Waals surface area contributed by atoms with Crippen LogP contribution < -0.4 is 10.6 Å². The van der Waals surface area contributed by atoms with Crippen molar-refractivity contribution in [1.29, 1.82) is 0 Å². The second-order valence-corrected chi connectivity index (χ2v) is 10.0. The molecule has 2 aromatic carbocycles. The van der Waals surface area contributed by atoms with Crippen molar-refractivity contribution in [3.8, 4) is 5.69 Å². The van der Waals surface area contributed by atoms with Gasteiger partial charge < -0.3 is 20.6 Å². The molecule has 0 bridgehead atoms. The first-order valence-electron chi connectivity index (χ1n) is 12.9. The SMILES string of the molecule is CC(=O)Nc1cnc2c(c1)C(C(=O)Nc1ccc(C(=O)O)cc1)N(C(=O)CCc1cc(Cl)ccc1-n1cnnn1)CC2. The molecule has 14 heteroatoms. The van der Waals surface area contributed by atoms with Gasteiger partial charge in [-0.05, 0) is 70.9 Å². The van der Waals surface area contributed by atoms with Crippen molar-refractivity contribution >= 4 is 46.7 Å². The molecule has 214 valence electrons. The van der Waals surface area contributed by atoms with Crippen LogP contribution in [0.25, 0.3) is 5.69 Å². The van der Waals surface area contributed by atoms with E-state index in [4.69, 9.17) is 11.6 Å². The van der Waals surface area contributed by atoms with E-state index < -0.39 is 17.9 Å². The van der Waals surface area contributed by atoms with Crippen LogP contribution in [-0.2, 0) is 27.2 Å². The molecule has 1 unspecified atom stereocenters. The number of nitrogens with one attached hydrogen (secondary N) is 2. The average Bonchev–Trinajstić information content (AvgIpc) is 3.50. The quantitative estimate of drug-likeness (QED) is 0.279. The predicted octanol–water partition coefficient (Wildman–Crippen LogP) is 3.06. The third-order valence-corrected chi connectivity index (χ3v) is 6.97. The molecule has 3 amide bonds. The van der Waals surface area contributed by atoms with Crippen LogP contribution in [0.1, 0.15) is 46.6 Å². The van der Waals surface area contributed by atoms with Gasteiger partial charge in [-0.1, -0.05) is 11.6 Å². The number of carboxylic acids is 1. The first-order chi connectivity index (χ1) is 20.2. The number of hydrogen-bond donors (Lipinski definition) is 3. The molecule has 0 spiro atoms. The number of amides is 3. The van der Waals surface area contributed by atoms with Crippen molar-refractivity contribution in [2.24, 2.45) is 0 Å². The summed E-state index contributed by atoms with van der Waals surface area (Å²) >= 11 is 6.24. The Labute approximate surface area is 244 Å². The fourth-order valence-corrected chi connectivity index (χ4v) is 5.04. The van der Waals surface area contributed by atoms with Crippen molar-refractivity contribution in [3.63, 3.8) is 0 Å². The van der Waals surface area contributed by atoms with Gasteiger partial charge in [0.05, 0.1) is 23.1 Å². The number of anilines is 2. The Hall–Kier alpha value is -5.17. The molecule has 0 aliphatic carbocycles. The molecule has 2 aromatic heterocycles. The van der Waals surface area contributed by atoms with Gasteiger partial charge in [0.25, 0.3) is 5.91 Å². The van der Waals surface area contributed by atoms with E-state index in [9.17, 15) is 24.3 Å². The average molecular weight is 589 g/mol.